The summed E-state index contributed by atoms with van der Waals surface area (Å²) in [6.07, 6.45) is 0. The van der Waals surface area contributed by atoms with Crippen molar-refractivity contribution in [2.24, 2.45) is 0 Å². The number of aromatic hydroxyl groups is 1. The van der Waals surface area contributed by atoms with Crippen LogP contribution >= 0.6 is 157 Å². The summed E-state index contributed by atoms with van der Waals surface area (Å²) in [6, 6.07) is 67.3. The van der Waals surface area contributed by atoms with E-state index in [0.717, 1.165) is 72.3 Å². The molecule has 1 heterocycles. The molecule has 0 amide bonds. The Morgan fingerprint density at radius 3 is 1.38 bits per heavy atom. The van der Waals surface area contributed by atoms with Gasteiger partial charge in [-0.05, 0) is 177 Å². The largest absolute Gasteiger partial charge is 1.00 e. The quantitative estimate of drug-likeness (QED) is 0.0198. The monoisotopic (exact) mass is 1960 g/mol. The van der Waals surface area contributed by atoms with Gasteiger partial charge in [0.1, 0.15) is 45.9 Å². The Balaban J connectivity index is 0.000000403. The van der Waals surface area contributed by atoms with Crippen LogP contribution in [-0.2, 0) is 9.68 Å². The molecule has 13 aromatic rings. The Morgan fingerprint density at radius 1 is 0.526 bits per heavy atom. The van der Waals surface area contributed by atoms with Gasteiger partial charge in [-0.1, -0.05) is 185 Å². The first-order chi connectivity index (χ1) is 45.2. The molecule has 1 aromatic heterocycles. The topological polar surface area (TPSA) is 142 Å². The second-order valence-electron chi connectivity index (χ2n) is 19.0. The maximum Gasteiger partial charge on any atom is 1.00 e. The fraction of sp³-hybridized carbons (Fsp3) is 0.0714. The second kappa shape index (κ2) is 46.7. The third kappa shape index (κ3) is 26.6. The fourth-order valence-corrected chi connectivity index (χ4v) is 11.9. The van der Waals surface area contributed by atoms with Crippen LogP contribution < -0.4 is 123 Å². The van der Waals surface area contributed by atoms with Crippen LogP contribution in [0.4, 0.5) is 17.9 Å². The van der Waals surface area contributed by atoms with Crippen molar-refractivity contribution in [2.45, 2.75) is 13.8 Å². The number of phenolic OH excluding ortho intramolecular Hbond substituents is 1. The van der Waals surface area contributed by atoms with Crippen molar-refractivity contribution in [3.05, 3.63) is 257 Å². The molecule has 0 aliphatic rings. The first kappa shape index (κ1) is 89.2. The molecular weight excluding hydrogens is 1920 g/mol. The zero-order valence-electron chi connectivity index (χ0n) is 52.8. The van der Waals surface area contributed by atoms with Crippen molar-refractivity contribution in [2.75, 3.05) is 18.6 Å². The molecule has 0 aliphatic heterocycles. The first-order valence-electron chi connectivity index (χ1n) is 27.8. The van der Waals surface area contributed by atoms with Gasteiger partial charge in [-0.25, -0.2) is 13.2 Å². The van der Waals surface area contributed by atoms with Crippen molar-refractivity contribution in [3.8, 4) is 39.5 Å². The van der Waals surface area contributed by atoms with Gasteiger partial charge in [0.2, 0.25) is 0 Å². The summed E-state index contributed by atoms with van der Waals surface area (Å²) >= 11 is 34.3. The fourth-order valence-electron chi connectivity index (χ4n) is 9.54. The average molecular weight is 1970 g/mol. The number of hydrogen-bond acceptors (Lipinski definition) is 9. The molecule has 97 heavy (non-hydrogen) atoms. The molecule has 494 valence electrons. The van der Waals surface area contributed by atoms with Crippen LogP contribution in [-0.4, -0.2) is 50.5 Å². The van der Waals surface area contributed by atoms with Gasteiger partial charge in [-0.2, -0.15) is 0 Å². The van der Waals surface area contributed by atoms with Gasteiger partial charge in [0, 0.05) is 60.0 Å². The van der Waals surface area contributed by atoms with Gasteiger partial charge in [0.25, 0.3) is 6.47 Å². The van der Waals surface area contributed by atoms with Crippen LogP contribution in [0.2, 0.25) is 0 Å². The van der Waals surface area contributed by atoms with Crippen LogP contribution in [0.25, 0.3) is 87.3 Å². The third-order valence-corrected chi connectivity index (χ3v) is 16.0. The second-order valence-corrected chi connectivity index (χ2v) is 31.1. The summed E-state index contributed by atoms with van der Waals surface area (Å²) in [5.74, 6) is 0.532. The van der Waals surface area contributed by atoms with Crippen LogP contribution in [0.1, 0.15) is 15.3 Å². The molecule has 3 N–H and O–H groups in total. The van der Waals surface area contributed by atoms with Crippen molar-refractivity contribution in [1.82, 2.24) is 0 Å². The molecule has 0 spiro atoms. The van der Waals surface area contributed by atoms with Gasteiger partial charge >= 0.3 is 113 Å². The molecule has 0 radical (unpaired) electrons. The Kier molecular flexibility index (Phi) is 42.9. The van der Waals surface area contributed by atoms with Crippen molar-refractivity contribution >= 4 is 244 Å². The molecule has 0 saturated heterocycles. The number of fused-ring (bicyclic) bond motifs is 8. The normalized spacial score (nSPS) is 9.92. The zero-order chi connectivity index (χ0) is 68.4. The van der Waals surface area contributed by atoms with Gasteiger partial charge in [0.05, 0.1) is 18.6 Å². The standard InChI is InChI=1S/C18H14BrFO.C16H10BrFO.C16H9BrO.C12H13BO3.C6H3BrFI.CH2Cl2.CH2O3.BBr3.FH.2K.H/c1-2-21-17-10-7-12-5-3-4-6-14(12)18(17)15-11-13(19)8-9-16(15)20;17-11-6-7-14(18)13(9-11)16-12-4-2-1-3-10(12)5-8-15(16)19;17-11-6-8-14-13(9-11)16-12-4-2-1-3-10(12)5-7-15(16)18-14;1-2-16-11-8-7-9-5-3-4-6-10(9)12(11)13(14)15;7-4-1-2-5(8)6(9)3-4;2-1-3;2-1-4-3;2-1(3)4;;;;/h3-11H,2H2,1H3;1-9,19H;1-9H;3-8,14-15H,2H2,1H3;1-3H;1H2;1,3H;;1H;;;/q;;;;;;;;;2*+1;-1/p-1. The molecular formula is C70H54B2Br7Cl2F4IK2O9. The molecule has 0 saturated carbocycles. The van der Waals surface area contributed by atoms with Gasteiger partial charge < -0.3 is 40.6 Å². The number of carbonyl (C=O) groups is 1. The van der Waals surface area contributed by atoms with Crippen molar-refractivity contribution in [1.29, 1.82) is 0 Å². The Labute approximate surface area is 727 Å². The summed E-state index contributed by atoms with van der Waals surface area (Å²) in [5.41, 5.74) is 4.57. The molecule has 9 nitrogen and oxygen atoms in total. The molecule has 0 bridgehead atoms. The predicted molar refractivity (Wildman–Crippen MR) is 417 cm³/mol. The van der Waals surface area contributed by atoms with E-state index < -0.39 is 7.12 Å². The number of phenols is 1. The molecule has 12 aromatic carbocycles. The number of halogens is 14. The van der Waals surface area contributed by atoms with E-state index in [4.69, 9.17) is 47.1 Å². The van der Waals surface area contributed by atoms with Crippen molar-refractivity contribution < 1.29 is 166 Å². The van der Waals surface area contributed by atoms with E-state index in [-0.39, 0.29) is 147 Å². The van der Waals surface area contributed by atoms with Crippen LogP contribution in [0, 0.1) is 21.0 Å². The average Bonchev–Trinajstić information content (AvgIpc) is 1.71. The van der Waals surface area contributed by atoms with E-state index in [0.29, 0.717) is 50.4 Å². The van der Waals surface area contributed by atoms with E-state index in [1.54, 1.807) is 48.5 Å². The summed E-state index contributed by atoms with van der Waals surface area (Å²) in [7, 11) is -1.52. The number of rotatable bonds is 8. The maximum absolute atomic E-state index is 14.3. The Hall–Kier alpha value is -1.98. The van der Waals surface area contributed by atoms with Crippen LogP contribution in [0.5, 0.6) is 17.2 Å². The minimum absolute atomic E-state index is 0. The van der Waals surface area contributed by atoms with E-state index in [2.05, 4.69) is 152 Å². The van der Waals surface area contributed by atoms with E-state index in [9.17, 15) is 28.3 Å². The number of benzene rings is 12. The molecule has 0 aliphatic carbocycles. The Morgan fingerprint density at radius 2 is 0.897 bits per heavy atom. The van der Waals surface area contributed by atoms with E-state index >= 15 is 0 Å². The minimum atomic E-state index is -1.52. The number of hydrogen-bond donors (Lipinski definition) is 3. The summed E-state index contributed by atoms with van der Waals surface area (Å²) in [6.45, 7) is 4.65. The van der Waals surface area contributed by atoms with Gasteiger partial charge in [-0.15, -0.1) is 70.5 Å². The van der Waals surface area contributed by atoms with Gasteiger partial charge in [0.15, 0.2) is 0 Å². The third-order valence-electron chi connectivity index (χ3n) is 13.2. The molecule has 0 atom stereocenters. The van der Waals surface area contributed by atoms with Crippen LogP contribution in [0.15, 0.2) is 241 Å². The van der Waals surface area contributed by atoms with Crippen molar-refractivity contribution in [3.63, 3.8) is 0 Å². The minimum Gasteiger partial charge on any atom is -1.00 e. The molecule has 27 heteroatoms. The maximum atomic E-state index is 14.3. The molecule has 13 rings (SSSR count). The number of alkyl halides is 2. The number of ether oxygens (including phenoxy) is 2. The molecule has 0 fully saturated rings. The van der Waals surface area contributed by atoms with Gasteiger partial charge in [-0.3, -0.25) is 9.50 Å². The van der Waals surface area contributed by atoms with E-state index in [1.165, 1.54) is 34.4 Å². The summed E-state index contributed by atoms with van der Waals surface area (Å²) in [5, 5.41) is 48.0. The zero-order valence-corrected chi connectivity index (χ0v) is 72.8. The van der Waals surface area contributed by atoms with Crippen LogP contribution in [0.3, 0.4) is 0 Å². The molecule has 0 unspecified atom stereocenters. The van der Waals surface area contributed by atoms with E-state index in [1.807, 2.05) is 152 Å². The summed E-state index contributed by atoms with van der Waals surface area (Å²) < 4.78 is 62.3. The Bertz CT molecular complexity index is 4670. The SMILES string of the molecule is BrB(Br)Br.Brc1ccc2oc3ccc4ccccc4c3c2c1.CCOc1ccc2ccccc2c1-c1cc(Br)ccc1F.CCOc1ccc2ccccc2c1B(O)O.ClCCl.F.Fc1ccc(Br)cc1I.O=CO[O-].Oc1ccc2ccccc2c1-c1cc(Br)ccc1F.[H-].[K+].[K+]. The number of carbonyl (C=O) groups excluding carboxylic acids is 1. The smallest absolute Gasteiger partial charge is 1.00 e. The summed E-state index contributed by atoms with van der Waals surface area (Å²) in [4.78, 5) is 11.2. The number of furan rings is 1. The predicted octanol–water partition coefficient (Wildman–Crippen LogP) is 16.8. The first-order valence-corrected chi connectivity index (χ1v) is 35.9.